The molecule has 1 N–H and O–H groups in total. The molecule has 1 heterocycles. The maximum Gasteiger partial charge on any atom is 0.235 e. The summed E-state index contributed by atoms with van der Waals surface area (Å²) in [5.74, 6) is -0.393. The second kappa shape index (κ2) is 4.97. The minimum Gasteiger partial charge on any atom is -0.343 e. The lowest BCUT2D eigenvalue weighted by Crippen LogP contribution is -2.49. The Balaban J connectivity index is 1.99. The van der Waals surface area contributed by atoms with Crippen molar-refractivity contribution in [2.24, 2.45) is 5.92 Å². The standard InChI is InChI=1S/C18H23NO2/c1-11-8-9-12(2)14(10-11)15-16(20)18(3,19-17(15)21)13-6-4-5-7-13/h8-10,13,15H,4-7H2,1-3H3,(H,19,21). The first-order valence-electron chi connectivity index (χ1n) is 7.87. The Morgan fingerprint density at radius 1 is 1.14 bits per heavy atom. The molecule has 2 fully saturated rings. The van der Waals surface area contributed by atoms with E-state index in [9.17, 15) is 9.59 Å². The van der Waals surface area contributed by atoms with Crippen LogP contribution in [0.15, 0.2) is 18.2 Å². The molecule has 0 radical (unpaired) electrons. The molecule has 2 atom stereocenters. The van der Waals surface area contributed by atoms with Crippen LogP contribution in [0.5, 0.6) is 0 Å². The van der Waals surface area contributed by atoms with E-state index in [1.54, 1.807) is 0 Å². The smallest absolute Gasteiger partial charge is 0.235 e. The Morgan fingerprint density at radius 3 is 2.48 bits per heavy atom. The molecule has 1 amide bonds. The van der Waals surface area contributed by atoms with Gasteiger partial charge in [0.25, 0.3) is 0 Å². The summed E-state index contributed by atoms with van der Waals surface area (Å²) >= 11 is 0. The molecule has 3 heteroatoms. The number of Topliss-reactive ketones (excluding diaryl/α,β-unsaturated/α-hetero) is 1. The predicted octanol–water partition coefficient (Wildman–Crippen LogP) is 3.03. The van der Waals surface area contributed by atoms with E-state index < -0.39 is 11.5 Å². The molecule has 0 spiro atoms. The highest BCUT2D eigenvalue weighted by Gasteiger charge is 2.54. The van der Waals surface area contributed by atoms with Crippen molar-refractivity contribution < 1.29 is 9.59 Å². The fourth-order valence-electron chi connectivity index (χ4n) is 3.97. The minimum absolute atomic E-state index is 0.0631. The number of benzene rings is 1. The van der Waals surface area contributed by atoms with Gasteiger partial charge in [0.2, 0.25) is 5.91 Å². The fourth-order valence-corrected chi connectivity index (χ4v) is 3.97. The first kappa shape index (κ1) is 14.3. The Hall–Kier alpha value is -1.64. The average Bonchev–Trinajstić information content (AvgIpc) is 3.03. The number of hydrogen-bond acceptors (Lipinski definition) is 2. The van der Waals surface area contributed by atoms with Gasteiger partial charge in [0.15, 0.2) is 5.78 Å². The molecule has 1 aliphatic heterocycles. The summed E-state index contributed by atoms with van der Waals surface area (Å²) < 4.78 is 0. The van der Waals surface area contributed by atoms with Gasteiger partial charge < -0.3 is 5.32 Å². The van der Waals surface area contributed by atoms with Gasteiger partial charge in [-0.15, -0.1) is 0 Å². The molecule has 1 saturated carbocycles. The summed E-state index contributed by atoms with van der Waals surface area (Å²) in [5.41, 5.74) is 2.31. The van der Waals surface area contributed by atoms with Crippen LogP contribution in [-0.4, -0.2) is 17.2 Å². The second-order valence-electron chi connectivity index (χ2n) is 6.83. The summed E-state index contributed by atoms with van der Waals surface area (Å²) in [5, 5.41) is 3.03. The number of rotatable bonds is 2. The largest absolute Gasteiger partial charge is 0.343 e. The fraction of sp³-hybridized carbons (Fsp3) is 0.556. The Bertz CT molecular complexity index is 601. The molecular formula is C18H23NO2. The van der Waals surface area contributed by atoms with E-state index in [-0.39, 0.29) is 11.7 Å². The number of carbonyl (C=O) groups is 2. The SMILES string of the molecule is Cc1ccc(C)c(C2C(=O)NC(C)(C3CCCC3)C2=O)c1. The molecule has 0 bridgehead atoms. The lowest BCUT2D eigenvalue weighted by molar-refractivity contribution is -0.125. The van der Waals surface area contributed by atoms with Gasteiger partial charge in [-0.3, -0.25) is 9.59 Å². The highest BCUT2D eigenvalue weighted by molar-refractivity contribution is 6.17. The van der Waals surface area contributed by atoms with E-state index in [2.05, 4.69) is 5.32 Å². The molecule has 1 aromatic carbocycles. The van der Waals surface area contributed by atoms with Crippen molar-refractivity contribution in [3.63, 3.8) is 0 Å². The molecule has 112 valence electrons. The third-order valence-electron chi connectivity index (χ3n) is 5.34. The zero-order chi connectivity index (χ0) is 15.2. The van der Waals surface area contributed by atoms with Gasteiger partial charge in [0, 0.05) is 0 Å². The van der Waals surface area contributed by atoms with Crippen molar-refractivity contribution in [3.05, 3.63) is 34.9 Å². The van der Waals surface area contributed by atoms with Gasteiger partial charge in [0.05, 0.1) is 5.54 Å². The molecular weight excluding hydrogens is 262 g/mol. The maximum atomic E-state index is 13.0. The van der Waals surface area contributed by atoms with Crippen molar-refractivity contribution in [2.45, 2.75) is 57.9 Å². The van der Waals surface area contributed by atoms with Crippen LogP contribution in [0.2, 0.25) is 0 Å². The van der Waals surface area contributed by atoms with Gasteiger partial charge in [-0.25, -0.2) is 0 Å². The molecule has 3 rings (SSSR count). The number of aryl methyl sites for hydroxylation is 2. The van der Waals surface area contributed by atoms with Crippen LogP contribution in [-0.2, 0) is 9.59 Å². The molecule has 0 aromatic heterocycles. The van der Waals surface area contributed by atoms with Crippen molar-refractivity contribution in [1.29, 1.82) is 0 Å². The highest BCUT2D eigenvalue weighted by Crippen LogP contribution is 2.41. The first-order valence-corrected chi connectivity index (χ1v) is 7.87. The molecule has 21 heavy (non-hydrogen) atoms. The summed E-state index contributed by atoms with van der Waals surface area (Å²) in [6.45, 7) is 5.89. The van der Waals surface area contributed by atoms with Crippen LogP contribution >= 0.6 is 0 Å². The normalized spacial score (nSPS) is 30.0. The second-order valence-corrected chi connectivity index (χ2v) is 6.83. The van der Waals surface area contributed by atoms with Crippen LogP contribution in [0.4, 0.5) is 0 Å². The number of amides is 1. The van der Waals surface area contributed by atoms with Crippen LogP contribution in [0.25, 0.3) is 0 Å². The molecule has 1 saturated heterocycles. The highest BCUT2D eigenvalue weighted by atomic mass is 16.2. The lowest BCUT2D eigenvalue weighted by Gasteiger charge is -2.29. The molecule has 3 nitrogen and oxygen atoms in total. The third-order valence-corrected chi connectivity index (χ3v) is 5.34. The van der Waals surface area contributed by atoms with E-state index >= 15 is 0 Å². The van der Waals surface area contributed by atoms with Crippen LogP contribution in [0.1, 0.15) is 55.2 Å². The summed E-state index contributed by atoms with van der Waals surface area (Å²) in [4.78, 5) is 25.5. The molecule has 1 aromatic rings. The van der Waals surface area contributed by atoms with E-state index in [1.165, 1.54) is 0 Å². The van der Waals surface area contributed by atoms with E-state index in [1.807, 2.05) is 39.0 Å². The van der Waals surface area contributed by atoms with Crippen LogP contribution in [0.3, 0.4) is 0 Å². The van der Waals surface area contributed by atoms with Crippen molar-refractivity contribution in [1.82, 2.24) is 5.32 Å². The molecule has 2 aliphatic rings. The first-order chi connectivity index (χ1) is 9.93. The van der Waals surface area contributed by atoms with Crippen molar-refractivity contribution in [2.75, 3.05) is 0 Å². The van der Waals surface area contributed by atoms with Crippen molar-refractivity contribution >= 4 is 11.7 Å². The third kappa shape index (κ3) is 2.19. The quantitative estimate of drug-likeness (QED) is 0.849. The minimum atomic E-state index is -0.672. The Kier molecular flexibility index (Phi) is 3.39. The molecule has 2 unspecified atom stereocenters. The maximum absolute atomic E-state index is 13.0. The number of carbonyl (C=O) groups excluding carboxylic acids is 2. The van der Waals surface area contributed by atoms with Crippen molar-refractivity contribution in [3.8, 4) is 0 Å². The summed E-state index contributed by atoms with van der Waals surface area (Å²) in [6, 6.07) is 6.00. The van der Waals surface area contributed by atoms with E-state index in [0.29, 0.717) is 5.92 Å². The van der Waals surface area contributed by atoms with Gasteiger partial charge in [-0.1, -0.05) is 36.6 Å². The Labute approximate surface area is 126 Å². The monoisotopic (exact) mass is 285 g/mol. The predicted molar refractivity (Wildman–Crippen MR) is 82.2 cm³/mol. The van der Waals surface area contributed by atoms with Gasteiger partial charge in [-0.05, 0) is 50.7 Å². The number of nitrogens with one attached hydrogen (secondary N) is 1. The summed E-state index contributed by atoms with van der Waals surface area (Å²) in [7, 11) is 0. The summed E-state index contributed by atoms with van der Waals surface area (Å²) in [6.07, 6.45) is 4.42. The van der Waals surface area contributed by atoms with Gasteiger partial charge in [0.1, 0.15) is 5.92 Å². The van der Waals surface area contributed by atoms with E-state index in [4.69, 9.17) is 0 Å². The zero-order valence-corrected chi connectivity index (χ0v) is 13.0. The lowest BCUT2D eigenvalue weighted by atomic mass is 9.78. The number of hydrogen-bond donors (Lipinski definition) is 1. The topological polar surface area (TPSA) is 46.2 Å². The van der Waals surface area contributed by atoms with Crippen LogP contribution in [0, 0.1) is 19.8 Å². The van der Waals surface area contributed by atoms with Gasteiger partial charge >= 0.3 is 0 Å². The Morgan fingerprint density at radius 2 is 1.81 bits per heavy atom. The van der Waals surface area contributed by atoms with Crippen LogP contribution < -0.4 is 5.32 Å². The van der Waals surface area contributed by atoms with E-state index in [0.717, 1.165) is 42.4 Å². The number of ketones is 1. The average molecular weight is 285 g/mol. The van der Waals surface area contributed by atoms with Gasteiger partial charge in [-0.2, -0.15) is 0 Å². The molecule has 1 aliphatic carbocycles. The zero-order valence-electron chi connectivity index (χ0n) is 13.0.